The van der Waals surface area contributed by atoms with Crippen molar-refractivity contribution in [1.82, 2.24) is 9.62 Å². The van der Waals surface area contributed by atoms with E-state index in [9.17, 15) is 13.2 Å². The fraction of sp³-hybridized carbons (Fsp3) is 0.409. The van der Waals surface area contributed by atoms with Crippen LogP contribution in [0.4, 0.5) is 0 Å². The summed E-state index contributed by atoms with van der Waals surface area (Å²) in [6.45, 7) is 1.54. The lowest BCUT2D eigenvalue weighted by molar-refractivity contribution is -0.132. The normalized spacial score (nSPS) is 15.2. The summed E-state index contributed by atoms with van der Waals surface area (Å²) < 4.78 is 33.1. The van der Waals surface area contributed by atoms with Crippen LogP contribution >= 0.6 is 15.9 Å². The molecule has 30 heavy (non-hydrogen) atoms. The first kappa shape index (κ1) is 22.8. The third-order valence-electron chi connectivity index (χ3n) is 5.39. The van der Waals surface area contributed by atoms with Crippen LogP contribution in [0.2, 0.25) is 0 Å². The third-order valence-corrected chi connectivity index (χ3v) is 7.34. The number of amides is 1. The molecular formula is C22H27BrN2O4S. The van der Waals surface area contributed by atoms with E-state index >= 15 is 0 Å². The van der Waals surface area contributed by atoms with Crippen molar-refractivity contribution in [3.63, 3.8) is 0 Å². The summed E-state index contributed by atoms with van der Waals surface area (Å²) in [5.41, 5.74) is 1.28. The summed E-state index contributed by atoms with van der Waals surface area (Å²) in [7, 11) is -1.96. The molecule has 0 unspecified atom stereocenters. The smallest absolute Gasteiger partial charge is 0.240 e. The lowest BCUT2D eigenvalue weighted by Gasteiger charge is -2.32. The molecule has 6 nitrogen and oxygen atoms in total. The van der Waals surface area contributed by atoms with E-state index in [-0.39, 0.29) is 23.8 Å². The number of ether oxygens (including phenoxy) is 1. The molecule has 0 bridgehead atoms. The molecule has 1 aliphatic rings. The number of nitrogens with zero attached hydrogens (tertiary/aromatic N) is 1. The van der Waals surface area contributed by atoms with Crippen molar-refractivity contribution in [2.45, 2.75) is 30.6 Å². The van der Waals surface area contributed by atoms with Crippen molar-refractivity contribution >= 4 is 31.9 Å². The Balaban J connectivity index is 1.41. The minimum Gasteiger partial charge on any atom is -0.497 e. The van der Waals surface area contributed by atoms with Crippen molar-refractivity contribution < 1.29 is 17.9 Å². The molecule has 1 fully saturated rings. The molecule has 0 aromatic heterocycles. The number of carbonyl (C=O) groups excluding carboxylic acids is 1. The van der Waals surface area contributed by atoms with Crippen LogP contribution in [0, 0.1) is 5.92 Å². The summed E-state index contributed by atoms with van der Waals surface area (Å²) >= 11 is 3.27. The maximum absolute atomic E-state index is 12.5. The molecule has 2 aromatic rings. The monoisotopic (exact) mass is 494 g/mol. The molecular weight excluding hydrogens is 468 g/mol. The predicted molar refractivity (Wildman–Crippen MR) is 120 cm³/mol. The molecule has 1 N–H and O–H groups in total. The van der Waals surface area contributed by atoms with E-state index in [0.29, 0.717) is 10.4 Å². The average molecular weight is 495 g/mol. The summed E-state index contributed by atoms with van der Waals surface area (Å²) in [4.78, 5) is 14.5. The highest BCUT2D eigenvalue weighted by molar-refractivity contribution is 9.10. The first-order valence-electron chi connectivity index (χ1n) is 10.0. The van der Waals surface area contributed by atoms with Crippen LogP contribution in [0.25, 0.3) is 0 Å². The number of carbonyl (C=O) groups is 1. The Morgan fingerprint density at radius 3 is 2.50 bits per heavy atom. The maximum Gasteiger partial charge on any atom is 0.240 e. The van der Waals surface area contributed by atoms with Crippen molar-refractivity contribution in [1.29, 1.82) is 0 Å². The van der Waals surface area contributed by atoms with Crippen LogP contribution < -0.4 is 9.46 Å². The quantitative estimate of drug-likeness (QED) is 0.607. The summed E-state index contributed by atoms with van der Waals surface area (Å²) in [5, 5.41) is 0. The van der Waals surface area contributed by atoms with Crippen LogP contribution in [-0.4, -0.2) is 46.0 Å². The molecule has 0 radical (unpaired) electrons. The Hall–Kier alpha value is -1.90. The standard InChI is InChI=1S/C22H27BrN2O4S/c1-29-20-7-5-17(6-8-20)15-18-10-13-25(14-11-18)22(26)9-12-24-30(27,28)21-4-2-3-19(23)16-21/h2-8,16,18,24H,9-15H2,1H3. The average Bonchev–Trinajstić information content (AvgIpc) is 2.74. The van der Waals surface area contributed by atoms with E-state index in [1.54, 1.807) is 19.2 Å². The molecule has 0 atom stereocenters. The number of hydrogen-bond donors (Lipinski definition) is 1. The molecule has 1 aliphatic heterocycles. The van der Waals surface area contributed by atoms with E-state index < -0.39 is 10.0 Å². The zero-order valence-electron chi connectivity index (χ0n) is 17.0. The second-order valence-corrected chi connectivity index (χ2v) is 10.2. The first-order chi connectivity index (χ1) is 14.4. The Kier molecular flexibility index (Phi) is 7.91. The molecule has 0 spiro atoms. The fourth-order valence-electron chi connectivity index (χ4n) is 3.65. The first-order valence-corrected chi connectivity index (χ1v) is 12.3. The van der Waals surface area contributed by atoms with Crippen molar-refractivity contribution in [2.75, 3.05) is 26.7 Å². The number of nitrogens with one attached hydrogen (secondary N) is 1. The highest BCUT2D eigenvalue weighted by Crippen LogP contribution is 2.23. The van der Waals surface area contributed by atoms with Crippen LogP contribution in [0.3, 0.4) is 0 Å². The summed E-state index contributed by atoms with van der Waals surface area (Å²) in [6, 6.07) is 14.6. The second-order valence-electron chi connectivity index (χ2n) is 7.48. The number of rotatable bonds is 8. The van der Waals surface area contributed by atoms with E-state index in [0.717, 1.165) is 38.1 Å². The zero-order valence-corrected chi connectivity index (χ0v) is 19.4. The Morgan fingerprint density at radius 2 is 1.87 bits per heavy atom. The SMILES string of the molecule is COc1ccc(CC2CCN(C(=O)CCNS(=O)(=O)c3cccc(Br)c3)CC2)cc1. The topological polar surface area (TPSA) is 75.7 Å². The number of benzene rings is 2. The lowest BCUT2D eigenvalue weighted by Crippen LogP contribution is -2.40. The maximum atomic E-state index is 12.5. The number of methoxy groups -OCH3 is 1. The lowest BCUT2D eigenvalue weighted by atomic mass is 9.90. The van der Waals surface area contributed by atoms with Gasteiger partial charge in [0.25, 0.3) is 0 Å². The third kappa shape index (κ3) is 6.30. The van der Waals surface area contributed by atoms with E-state index in [2.05, 4.69) is 32.8 Å². The van der Waals surface area contributed by atoms with Gasteiger partial charge in [-0.1, -0.05) is 34.1 Å². The minimum absolute atomic E-state index is 0.00478. The second kappa shape index (κ2) is 10.4. The number of halogens is 1. The Labute approximate surface area is 186 Å². The van der Waals surface area contributed by atoms with Gasteiger partial charge in [0.15, 0.2) is 0 Å². The van der Waals surface area contributed by atoms with Crippen molar-refractivity contribution in [3.8, 4) is 5.75 Å². The fourth-order valence-corrected chi connectivity index (χ4v) is 5.28. The molecule has 162 valence electrons. The molecule has 8 heteroatoms. The van der Waals surface area contributed by atoms with E-state index in [1.807, 2.05) is 17.0 Å². The van der Waals surface area contributed by atoms with Crippen LogP contribution in [-0.2, 0) is 21.2 Å². The molecule has 1 heterocycles. The van der Waals surface area contributed by atoms with Gasteiger partial charge in [0.2, 0.25) is 15.9 Å². The highest BCUT2D eigenvalue weighted by Gasteiger charge is 2.23. The Morgan fingerprint density at radius 1 is 1.17 bits per heavy atom. The van der Waals surface area contributed by atoms with Gasteiger partial charge in [-0.15, -0.1) is 0 Å². The molecule has 1 saturated heterocycles. The number of piperidine rings is 1. The van der Waals surface area contributed by atoms with Gasteiger partial charge in [-0.25, -0.2) is 13.1 Å². The summed E-state index contributed by atoms with van der Waals surface area (Å²) in [5.74, 6) is 1.40. The molecule has 0 aliphatic carbocycles. The van der Waals surface area contributed by atoms with Crippen molar-refractivity contribution in [3.05, 3.63) is 58.6 Å². The molecule has 0 saturated carbocycles. The summed E-state index contributed by atoms with van der Waals surface area (Å²) in [6.07, 6.45) is 3.08. The van der Waals surface area contributed by atoms with Gasteiger partial charge in [0.1, 0.15) is 5.75 Å². The number of sulfonamides is 1. The number of likely N-dealkylation sites (tertiary alicyclic amines) is 1. The molecule has 1 amide bonds. The van der Waals surface area contributed by atoms with Crippen LogP contribution in [0.15, 0.2) is 57.9 Å². The molecule has 3 rings (SSSR count). The van der Waals surface area contributed by atoms with Gasteiger partial charge < -0.3 is 9.64 Å². The van der Waals surface area contributed by atoms with Crippen LogP contribution in [0.5, 0.6) is 5.75 Å². The van der Waals surface area contributed by atoms with E-state index in [4.69, 9.17) is 4.74 Å². The van der Waals surface area contributed by atoms with Crippen molar-refractivity contribution in [2.24, 2.45) is 5.92 Å². The van der Waals surface area contributed by atoms with Gasteiger partial charge in [-0.2, -0.15) is 0 Å². The highest BCUT2D eigenvalue weighted by atomic mass is 79.9. The van der Waals surface area contributed by atoms with Gasteiger partial charge in [-0.05, 0) is 61.1 Å². The van der Waals surface area contributed by atoms with Gasteiger partial charge in [0.05, 0.1) is 12.0 Å². The van der Waals surface area contributed by atoms with Gasteiger partial charge in [0, 0.05) is 30.5 Å². The van der Waals surface area contributed by atoms with Gasteiger partial charge >= 0.3 is 0 Å². The Bertz CT molecular complexity index is 955. The van der Waals surface area contributed by atoms with Crippen LogP contribution in [0.1, 0.15) is 24.8 Å². The van der Waals surface area contributed by atoms with E-state index in [1.165, 1.54) is 17.7 Å². The minimum atomic E-state index is -3.62. The number of hydrogen-bond acceptors (Lipinski definition) is 4. The molecule has 2 aromatic carbocycles. The van der Waals surface area contributed by atoms with Gasteiger partial charge in [-0.3, -0.25) is 4.79 Å². The largest absolute Gasteiger partial charge is 0.497 e. The predicted octanol–water partition coefficient (Wildman–Crippen LogP) is 3.61. The zero-order chi connectivity index (χ0) is 21.6.